The summed E-state index contributed by atoms with van der Waals surface area (Å²) in [6.07, 6.45) is -0.0514. The van der Waals surface area contributed by atoms with Gasteiger partial charge in [0, 0.05) is 5.69 Å². The van der Waals surface area contributed by atoms with Crippen LogP contribution in [0.15, 0.2) is 48.5 Å². The number of carbonyl (C=O) groups is 2. The van der Waals surface area contributed by atoms with E-state index in [4.69, 9.17) is 4.74 Å². The maximum Gasteiger partial charge on any atom is 0.338 e. The largest absolute Gasteiger partial charge is 0.456 e. The lowest BCUT2D eigenvalue weighted by Gasteiger charge is -2.15. The monoisotopic (exact) mass is 373 g/mol. The van der Waals surface area contributed by atoms with Crippen LogP contribution < -0.4 is 10.2 Å². The van der Waals surface area contributed by atoms with E-state index in [0.29, 0.717) is 23.4 Å². The molecule has 0 heterocycles. The Balaban J connectivity index is 1.84. The van der Waals surface area contributed by atoms with Crippen LogP contribution >= 0.6 is 0 Å². The highest BCUT2D eigenvalue weighted by Gasteiger charge is 2.11. The Bertz CT molecular complexity index is 758. The van der Waals surface area contributed by atoms with Gasteiger partial charge in [0.2, 0.25) is 5.91 Å². The molecule has 2 aromatic rings. The van der Waals surface area contributed by atoms with Crippen molar-refractivity contribution in [2.45, 2.75) is 20.3 Å². The molecule has 144 valence electrons. The van der Waals surface area contributed by atoms with E-state index < -0.39 is 5.82 Å². The minimum Gasteiger partial charge on any atom is -0.456 e. The number of nitrogens with one attached hydrogen (secondary N) is 2. The van der Waals surface area contributed by atoms with E-state index in [1.54, 1.807) is 42.5 Å². The normalized spacial score (nSPS) is 10.7. The van der Waals surface area contributed by atoms with Gasteiger partial charge in [-0.1, -0.05) is 18.2 Å². The molecule has 0 aliphatic heterocycles. The fourth-order valence-corrected chi connectivity index (χ4v) is 2.68. The van der Waals surface area contributed by atoms with Crippen LogP contribution in [-0.4, -0.2) is 38.1 Å². The summed E-state index contributed by atoms with van der Waals surface area (Å²) < 4.78 is 18.9. The van der Waals surface area contributed by atoms with Crippen LogP contribution in [0.4, 0.5) is 10.1 Å². The molecule has 0 aromatic heterocycles. The summed E-state index contributed by atoms with van der Waals surface area (Å²) in [5.41, 5.74) is 1.31. The molecule has 0 fully saturated rings. The third kappa shape index (κ3) is 6.49. The first kappa shape index (κ1) is 20.6. The maximum atomic E-state index is 13.6. The number of rotatable bonds is 9. The lowest BCUT2D eigenvalue weighted by molar-refractivity contribution is -0.896. The highest BCUT2D eigenvalue weighted by Crippen LogP contribution is 2.12. The van der Waals surface area contributed by atoms with Gasteiger partial charge >= 0.3 is 5.97 Å². The predicted molar refractivity (Wildman–Crippen MR) is 102 cm³/mol. The first-order valence-corrected chi connectivity index (χ1v) is 9.17. The smallest absolute Gasteiger partial charge is 0.338 e. The standard InChI is InChI=1S/C21H25FN2O3/c1-3-24(4-2)13-14-27-21(26)16-9-11-18(12-10-16)23-20(25)15-17-7-5-6-8-19(17)22/h5-12H,3-4,13-15H2,1-2H3,(H,23,25)/p+1. The zero-order valence-corrected chi connectivity index (χ0v) is 15.8. The average Bonchev–Trinajstić information content (AvgIpc) is 2.67. The SMILES string of the molecule is CC[NH+](CC)CCOC(=O)c1ccc(NC(=O)Cc2ccccc2F)cc1. The number of esters is 1. The van der Waals surface area contributed by atoms with Gasteiger partial charge < -0.3 is 15.0 Å². The number of anilines is 1. The molecule has 2 rings (SSSR count). The van der Waals surface area contributed by atoms with Crippen molar-refractivity contribution >= 4 is 17.6 Å². The Morgan fingerprint density at radius 2 is 1.70 bits per heavy atom. The van der Waals surface area contributed by atoms with Gasteiger partial charge in [-0.15, -0.1) is 0 Å². The summed E-state index contributed by atoms with van der Waals surface area (Å²) in [6, 6.07) is 12.6. The molecular weight excluding hydrogens is 347 g/mol. The lowest BCUT2D eigenvalue weighted by Crippen LogP contribution is -3.11. The number of benzene rings is 2. The van der Waals surface area contributed by atoms with Crippen LogP contribution in [0.25, 0.3) is 0 Å². The highest BCUT2D eigenvalue weighted by molar-refractivity contribution is 5.94. The molecule has 0 atom stereocenters. The Labute approximate surface area is 159 Å². The van der Waals surface area contributed by atoms with E-state index in [0.717, 1.165) is 19.6 Å². The fourth-order valence-electron chi connectivity index (χ4n) is 2.68. The molecule has 0 saturated heterocycles. The fraction of sp³-hybridized carbons (Fsp3) is 0.333. The molecule has 0 aliphatic rings. The van der Waals surface area contributed by atoms with Gasteiger partial charge in [-0.2, -0.15) is 0 Å². The summed E-state index contributed by atoms with van der Waals surface area (Å²) in [4.78, 5) is 25.5. The number of quaternary nitrogens is 1. The zero-order chi connectivity index (χ0) is 19.6. The van der Waals surface area contributed by atoms with Crippen molar-refractivity contribution in [1.29, 1.82) is 0 Å². The van der Waals surface area contributed by atoms with Gasteiger partial charge in [0.1, 0.15) is 19.0 Å². The number of likely N-dealkylation sites (N-methyl/N-ethyl adjacent to an activating group) is 1. The first-order chi connectivity index (χ1) is 13.0. The van der Waals surface area contributed by atoms with Crippen molar-refractivity contribution in [2.24, 2.45) is 0 Å². The Hall–Kier alpha value is -2.73. The van der Waals surface area contributed by atoms with E-state index >= 15 is 0 Å². The molecule has 0 aliphatic carbocycles. The molecule has 0 saturated carbocycles. The van der Waals surface area contributed by atoms with Gasteiger partial charge in [0.15, 0.2) is 0 Å². The molecule has 6 heteroatoms. The second-order valence-electron chi connectivity index (χ2n) is 6.24. The predicted octanol–water partition coefficient (Wildman–Crippen LogP) is 2.09. The molecule has 5 nitrogen and oxygen atoms in total. The number of hydrogen-bond acceptors (Lipinski definition) is 3. The number of amides is 1. The van der Waals surface area contributed by atoms with Gasteiger partial charge in [-0.25, -0.2) is 9.18 Å². The van der Waals surface area contributed by atoms with E-state index in [1.807, 2.05) is 0 Å². The van der Waals surface area contributed by atoms with Crippen molar-refractivity contribution in [3.05, 3.63) is 65.5 Å². The van der Waals surface area contributed by atoms with Gasteiger partial charge in [-0.3, -0.25) is 4.79 Å². The second kappa shape index (κ2) is 10.4. The molecule has 1 amide bonds. The molecule has 2 N–H and O–H groups in total. The minimum absolute atomic E-state index is 0.0514. The van der Waals surface area contributed by atoms with Gasteiger partial charge in [0.25, 0.3) is 0 Å². The molecule has 0 spiro atoms. The van der Waals surface area contributed by atoms with Crippen molar-refractivity contribution in [3.8, 4) is 0 Å². The van der Waals surface area contributed by atoms with E-state index in [9.17, 15) is 14.0 Å². The number of ether oxygens (including phenoxy) is 1. The summed E-state index contributed by atoms with van der Waals surface area (Å²) in [6.45, 7) is 7.34. The zero-order valence-electron chi connectivity index (χ0n) is 15.8. The Morgan fingerprint density at radius 1 is 1.04 bits per heavy atom. The minimum atomic E-state index is -0.405. The van der Waals surface area contributed by atoms with Crippen LogP contribution in [0.1, 0.15) is 29.8 Å². The Morgan fingerprint density at radius 3 is 2.33 bits per heavy atom. The summed E-state index contributed by atoms with van der Waals surface area (Å²) >= 11 is 0. The van der Waals surface area contributed by atoms with Crippen molar-refractivity contribution in [3.63, 3.8) is 0 Å². The van der Waals surface area contributed by atoms with Crippen molar-refractivity contribution in [1.82, 2.24) is 0 Å². The van der Waals surface area contributed by atoms with Crippen molar-refractivity contribution < 1.29 is 23.6 Å². The molecule has 2 aromatic carbocycles. The first-order valence-electron chi connectivity index (χ1n) is 9.17. The number of hydrogen-bond donors (Lipinski definition) is 2. The third-order valence-electron chi connectivity index (χ3n) is 4.40. The van der Waals surface area contributed by atoms with Crippen molar-refractivity contribution in [2.75, 3.05) is 31.6 Å². The van der Waals surface area contributed by atoms with E-state index in [-0.39, 0.29) is 18.3 Å². The van der Waals surface area contributed by atoms with E-state index in [2.05, 4.69) is 19.2 Å². The van der Waals surface area contributed by atoms with Crippen LogP contribution in [-0.2, 0) is 16.0 Å². The van der Waals surface area contributed by atoms with Crippen LogP contribution in [0.3, 0.4) is 0 Å². The molecular formula is C21H26FN2O3+. The molecule has 0 bridgehead atoms. The summed E-state index contributed by atoms with van der Waals surface area (Å²) in [7, 11) is 0. The average molecular weight is 373 g/mol. The quantitative estimate of drug-likeness (QED) is 0.662. The lowest BCUT2D eigenvalue weighted by atomic mass is 10.1. The summed E-state index contributed by atoms with van der Waals surface area (Å²) in [5, 5.41) is 2.70. The number of carbonyl (C=O) groups excluding carboxylic acids is 2. The van der Waals surface area contributed by atoms with Gasteiger partial charge in [0.05, 0.1) is 25.1 Å². The molecule has 27 heavy (non-hydrogen) atoms. The molecule has 0 radical (unpaired) electrons. The maximum absolute atomic E-state index is 13.6. The molecule has 0 unspecified atom stereocenters. The van der Waals surface area contributed by atoms with Crippen LogP contribution in [0.2, 0.25) is 0 Å². The summed E-state index contributed by atoms with van der Waals surface area (Å²) in [5.74, 6) is -1.11. The number of halogens is 1. The third-order valence-corrected chi connectivity index (χ3v) is 4.40. The van der Waals surface area contributed by atoms with Crippen LogP contribution in [0.5, 0.6) is 0 Å². The highest BCUT2D eigenvalue weighted by atomic mass is 19.1. The second-order valence-corrected chi connectivity index (χ2v) is 6.24. The van der Waals surface area contributed by atoms with E-state index in [1.165, 1.54) is 11.0 Å². The van der Waals surface area contributed by atoms with Crippen LogP contribution in [0, 0.1) is 5.82 Å². The topological polar surface area (TPSA) is 59.8 Å². The van der Waals surface area contributed by atoms with Gasteiger partial charge in [-0.05, 0) is 49.7 Å². The Kier molecular flexibility index (Phi) is 7.95.